The number of fused-ring (bicyclic) bond motifs is 2. The van der Waals surface area contributed by atoms with Gasteiger partial charge in [0.25, 0.3) is 0 Å². The molecular weight excluding hydrogens is 408 g/mol. The van der Waals surface area contributed by atoms with Crippen molar-refractivity contribution in [2.45, 2.75) is 43.4 Å². The molecule has 4 rings (SSSR count). The van der Waals surface area contributed by atoms with Gasteiger partial charge in [0.1, 0.15) is 18.5 Å². The maximum atomic E-state index is 11.7. The number of ether oxygens (including phenoxy) is 1. The Hall–Kier alpha value is -3.15. The van der Waals surface area contributed by atoms with Crippen LogP contribution in [0.3, 0.4) is 0 Å². The number of pyridine rings is 1. The van der Waals surface area contributed by atoms with Gasteiger partial charge in [-0.05, 0) is 67.6 Å². The Morgan fingerprint density at radius 1 is 1.28 bits per heavy atom. The first-order valence-electron chi connectivity index (χ1n) is 10.9. The summed E-state index contributed by atoms with van der Waals surface area (Å²) in [4.78, 5) is 19.7. The van der Waals surface area contributed by atoms with Gasteiger partial charge in [-0.25, -0.2) is 4.79 Å². The first-order valence-corrected chi connectivity index (χ1v) is 10.9. The molecule has 0 saturated carbocycles. The monoisotopic (exact) mass is 436 g/mol. The second kappa shape index (κ2) is 9.55. The lowest BCUT2D eigenvalue weighted by atomic mass is 9.87. The number of aliphatic hydroxyl groups excluding tert-OH is 1. The molecule has 3 atom stereocenters. The molecule has 0 spiro atoms. The van der Waals surface area contributed by atoms with E-state index in [0.29, 0.717) is 30.9 Å². The summed E-state index contributed by atoms with van der Waals surface area (Å²) in [6.07, 6.45) is 5.45. The van der Waals surface area contributed by atoms with Gasteiger partial charge in [0.15, 0.2) is 0 Å². The molecule has 2 aliphatic rings. The highest BCUT2D eigenvalue weighted by Crippen LogP contribution is 2.42. The van der Waals surface area contributed by atoms with Gasteiger partial charge in [-0.15, -0.1) is 0 Å². The van der Waals surface area contributed by atoms with Crippen molar-refractivity contribution < 1.29 is 19.7 Å². The first-order chi connectivity index (χ1) is 15.5. The topological polar surface area (TPSA) is 110 Å². The largest absolute Gasteiger partial charge is 0.491 e. The summed E-state index contributed by atoms with van der Waals surface area (Å²) in [6, 6.07) is 13.0. The van der Waals surface area contributed by atoms with Gasteiger partial charge in [-0.2, -0.15) is 5.26 Å². The summed E-state index contributed by atoms with van der Waals surface area (Å²) >= 11 is 0. The smallest absolute Gasteiger partial charge is 0.407 e. The van der Waals surface area contributed by atoms with Crippen LogP contribution < -0.4 is 4.74 Å². The number of carboxylic acid groups (broad SMARTS) is 1. The molecule has 2 aliphatic heterocycles. The normalized spacial score (nSPS) is 23.5. The number of benzene rings is 1. The van der Waals surface area contributed by atoms with E-state index in [0.717, 1.165) is 25.7 Å². The van der Waals surface area contributed by atoms with E-state index < -0.39 is 12.2 Å². The third kappa shape index (κ3) is 4.85. The standard InChI is InChI=1S/C24H28N4O4/c25-13-19-1-3-22(4-2-19)32-16-21(29)15-28-20-6-10-24(28,17-27(14-20)23(30)31)9-5-18-7-11-26-12-8-18/h1-4,7-8,11-12,20-21,29H,5-6,9-10,14-17H2,(H,30,31). The second-order valence-electron chi connectivity index (χ2n) is 8.69. The summed E-state index contributed by atoms with van der Waals surface area (Å²) in [5, 5.41) is 29.3. The van der Waals surface area contributed by atoms with E-state index >= 15 is 0 Å². The fourth-order valence-corrected chi connectivity index (χ4v) is 5.02. The number of carbonyl (C=O) groups is 1. The van der Waals surface area contributed by atoms with Crippen molar-refractivity contribution in [1.82, 2.24) is 14.8 Å². The molecule has 2 fully saturated rings. The Kier molecular flexibility index (Phi) is 6.58. The van der Waals surface area contributed by atoms with Crippen LogP contribution in [0.15, 0.2) is 48.8 Å². The van der Waals surface area contributed by atoms with Gasteiger partial charge in [0.05, 0.1) is 11.6 Å². The number of aryl methyl sites for hydroxylation is 1. The minimum atomic E-state index is -0.880. The predicted molar refractivity (Wildman–Crippen MR) is 117 cm³/mol. The fourth-order valence-electron chi connectivity index (χ4n) is 5.02. The highest BCUT2D eigenvalue weighted by Gasteiger charge is 2.52. The quantitative estimate of drug-likeness (QED) is 0.654. The number of amides is 1. The molecule has 1 amide bonds. The predicted octanol–water partition coefficient (Wildman–Crippen LogP) is 2.52. The Morgan fingerprint density at radius 3 is 2.72 bits per heavy atom. The van der Waals surface area contributed by atoms with E-state index in [1.54, 1.807) is 36.7 Å². The van der Waals surface area contributed by atoms with Crippen LogP contribution in [0.25, 0.3) is 0 Å². The van der Waals surface area contributed by atoms with Crippen LogP contribution in [0.5, 0.6) is 5.75 Å². The molecule has 32 heavy (non-hydrogen) atoms. The van der Waals surface area contributed by atoms with Gasteiger partial charge >= 0.3 is 6.09 Å². The Morgan fingerprint density at radius 2 is 2.03 bits per heavy atom. The van der Waals surface area contributed by atoms with E-state index in [1.807, 2.05) is 12.1 Å². The van der Waals surface area contributed by atoms with Crippen molar-refractivity contribution in [3.8, 4) is 11.8 Å². The molecule has 1 aromatic heterocycles. The molecule has 2 bridgehead atoms. The highest BCUT2D eigenvalue weighted by atomic mass is 16.5. The average Bonchev–Trinajstić information content (AvgIpc) is 3.01. The number of aromatic nitrogens is 1. The molecule has 8 heteroatoms. The van der Waals surface area contributed by atoms with Gasteiger partial charge in [0.2, 0.25) is 0 Å². The molecule has 0 aliphatic carbocycles. The van der Waals surface area contributed by atoms with E-state index in [2.05, 4.69) is 16.0 Å². The van der Waals surface area contributed by atoms with Gasteiger partial charge in [0, 0.05) is 43.6 Å². The summed E-state index contributed by atoms with van der Waals surface area (Å²) in [7, 11) is 0. The maximum Gasteiger partial charge on any atom is 0.407 e. The van der Waals surface area contributed by atoms with E-state index in [9.17, 15) is 15.0 Å². The highest BCUT2D eigenvalue weighted by molar-refractivity contribution is 5.65. The summed E-state index contributed by atoms with van der Waals surface area (Å²) in [5.41, 5.74) is 1.44. The maximum absolute atomic E-state index is 11.7. The first kappa shape index (κ1) is 22.1. The fraction of sp³-hybridized carbons (Fsp3) is 0.458. The molecule has 168 valence electrons. The molecule has 3 unspecified atom stereocenters. The van der Waals surface area contributed by atoms with Crippen LogP contribution in [-0.4, -0.2) is 75.0 Å². The van der Waals surface area contributed by atoms with Crippen LogP contribution in [0.1, 0.15) is 30.4 Å². The zero-order valence-electron chi connectivity index (χ0n) is 17.9. The third-order valence-corrected chi connectivity index (χ3v) is 6.64. The van der Waals surface area contributed by atoms with Gasteiger partial charge < -0.3 is 19.8 Å². The molecule has 8 nitrogen and oxygen atoms in total. The number of nitriles is 1. The molecule has 3 heterocycles. The number of nitrogens with zero attached hydrogens (tertiary/aromatic N) is 4. The number of rotatable bonds is 8. The lowest BCUT2D eigenvalue weighted by Crippen LogP contribution is -2.64. The SMILES string of the molecule is N#Cc1ccc(OCC(O)CN2C3CCC2(CCc2ccncc2)CN(C(=O)O)C3)cc1. The van der Waals surface area contributed by atoms with E-state index in [-0.39, 0.29) is 18.2 Å². The Balaban J connectivity index is 1.42. The van der Waals surface area contributed by atoms with Gasteiger partial charge in [-0.1, -0.05) is 0 Å². The van der Waals surface area contributed by atoms with Crippen molar-refractivity contribution in [2.75, 3.05) is 26.2 Å². The summed E-state index contributed by atoms with van der Waals surface area (Å²) in [6.45, 7) is 1.49. The van der Waals surface area contributed by atoms with Crippen molar-refractivity contribution in [3.05, 3.63) is 59.9 Å². The van der Waals surface area contributed by atoms with E-state index in [4.69, 9.17) is 10.00 Å². The molecule has 1 aromatic carbocycles. The van der Waals surface area contributed by atoms with Crippen LogP contribution in [0.4, 0.5) is 4.79 Å². The minimum absolute atomic E-state index is 0.0989. The summed E-state index contributed by atoms with van der Waals surface area (Å²) < 4.78 is 5.72. The number of aliphatic hydroxyl groups is 1. The van der Waals surface area contributed by atoms with Crippen molar-refractivity contribution >= 4 is 6.09 Å². The number of hydrogen-bond donors (Lipinski definition) is 2. The Labute approximate surface area is 187 Å². The zero-order chi connectivity index (χ0) is 22.6. The number of β-amino-alcohol motifs (C(OH)–C–C–N with tert-alkyl or cyclic N) is 1. The third-order valence-electron chi connectivity index (χ3n) is 6.64. The minimum Gasteiger partial charge on any atom is -0.491 e. The molecule has 2 saturated heterocycles. The van der Waals surface area contributed by atoms with Crippen molar-refractivity contribution in [2.24, 2.45) is 0 Å². The number of hydrogen-bond acceptors (Lipinski definition) is 6. The molecule has 0 radical (unpaired) electrons. The van der Waals surface area contributed by atoms with Crippen molar-refractivity contribution in [3.63, 3.8) is 0 Å². The van der Waals surface area contributed by atoms with Crippen LogP contribution >= 0.6 is 0 Å². The van der Waals surface area contributed by atoms with Gasteiger partial charge in [-0.3, -0.25) is 9.88 Å². The zero-order valence-corrected chi connectivity index (χ0v) is 17.9. The lowest BCUT2D eigenvalue weighted by Gasteiger charge is -2.49. The molecular formula is C24H28N4O4. The van der Waals surface area contributed by atoms with Crippen molar-refractivity contribution in [1.29, 1.82) is 5.26 Å². The molecule has 2 N–H and O–H groups in total. The molecule has 2 aromatic rings. The lowest BCUT2D eigenvalue weighted by molar-refractivity contribution is -0.0329. The second-order valence-corrected chi connectivity index (χ2v) is 8.69. The van der Waals surface area contributed by atoms with Crippen LogP contribution in [-0.2, 0) is 6.42 Å². The average molecular weight is 437 g/mol. The van der Waals surface area contributed by atoms with Crippen LogP contribution in [0, 0.1) is 11.3 Å². The van der Waals surface area contributed by atoms with E-state index in [1.165, 1.54) is 10.5 Å². The summed E-state index contributed by atoms with van der Waals surface area (Å²) in [5.74, 6) is 0.606. The number of likely N-dealkylation sites (tertiary alicyclic amines) is 1. The number of piperazine rings is 1. The Bertz CT molecular complexity index is 962. The van der Waals surface area contributed by atoms with Crippen LogP contribution in [0.2, 0.25) is 0 Å².